The number of primary amides is 1. The summed E-state index contributed by atoms with van der Waals surface area (Å²) < 4.78 is 5.71. The molecule has 3 N–H and O–H groups in total. The van der Waals surface area contributed by atoms with E-state index in [0.29, 0.717) is 6.10 Å². The molecule has 1 saturated heterocycles. The molecular formula is C15H31N3O2. The van der Waals surface area contributed by atoms with Crippen molar-refractivity contribution in [3.05, 3.63) is 0 Å². The average Bonchev–Trinajstić information content (AvgIpc) is 2.39. The lowest BCUT2D eigenvalue weighted by atomic mass is 9.94. The summed E-state index contributed by atoms with van der Waals surface area (Å²) in [6, 6.07) is 0. The van der Waals surface area contributed by atoms with Crippen LogP contribution in [-0.4, -0.2) is 55.2 Å². The number of hydrogen-bond acceptors (Lipinski definition) is 4. The molecular weight excluding hydrogens is 254 g/mol. The molecule has 2 unspecified atom stereocenters. The smallest absolute Gasteiger partial charge is 0.237 e. The number of ether oxygens (including phenoxy) is 1. The second-order valence-corrected chi connectivity index (χ2v) is 5.85. The fraction of sp³-hybridized carbons (Fsp3) is 0.933. The Kier molecular flexibility index (Phi) is 7.48. The Hall–Kier alpha value is -0.650. The van der Waals surface area contributed by atoms with Gasteiger partial charge in [0.1, 0.15) is 0 Å². The van der Waals surface area contributed by atoms with E-state index in [1.807, 2.05) is 20.8 Å². The van der Waals surface area contributed by atoms with Crippen LogP contribution in [0.2, 0.25) is 0 Å². The zero-order chi connectivity index (χ0) is 15.0. The molecule has 1 fully saturated rings. The van der Waals surface area contributed by atoms with E-state index >= 15 is 0 Å². The Morgan fingerprint density at radius 3 is 2.85 bits per heavy atom. The molecule has 0 aromatic carbocycles. The molecule has 5 nitrogen and oxygen atoms in total. The Balaban J connectivity index is 2.33. The number of likely N-dealkylation sites (tertiary alicyclic amines) is 1. The van der Waals surface area contributed by atoms with Crippen LogP contribution in [-0.2, 0) is 9.53 Å². The molecule has 0 spiro atoms. The lowest BCUT2D eigenvalue weighted by molar-refractivity contribution is -0.124. The third-order valence-electron chi connectivity index (χ3n) is 4.13. The van der Waals surface area contributed by atoms with Gasteiger partial charge in [-0.15, -0.1) is 0 Å². The highest BCUT2D eigenvalue weighted by Gasteiger charge is 2.29. The monoisotopic (exact) mass is 285 g/mol. The van der Waals surface area contributed by atoms with Gasteiger partial charge in [0.05, 0.1) is 11.6 Å². The number of carbonyl (C=O) groups excluding carboxylic acids is 1. The highest BCUT2D eigenvalue weighted by molar-refractivity contribution is 5.84. The third-order valence-corrected chi connectivity index (χ3v) is 4.13. The quantitative estimate of drug-likeness (QED) is 0.666. The lowest BCUT2D eigenvalue weighted by Crippen LogP contribution is -2.53. The zero-order valence-electron chi connectivity index (χ0n) is 13.3. The van der Waals surface area contributed by atoms with Crippen LogP contribution in [0.3, 0.4) is 0 Å². The lowest BCUT2D eigenvalue weighted by Gasteiger charge is -2.33. The Morgan fingerprint density at radius 1 is 1.50 bits per heavy atom. The summed E-state index contributed by atoms with van der Waals surface area (Å²) in [6.07, 6.45) is 4.51. The summed E-state index contributed by atoms with van der Waals surface area (Å²) in [5.74, 6) is -0.259. The first-order valence-corrected chi connectivity index (χ1v) is 7.90. The highest BCUT2D eigenvalue weighted by atomic mass is 16.5. The SMILES string of the molecule is CCNC(C)(CCCN1CCCC(OCC)C1)C(N)=O. The van der Waals surface area contributed by atoms with Crippen LogP contribution in [0, 0.1) is 0 Å². The van der Waals surface area contributed by atoms with Crippen LogP contribution in [0.25, 0.3) is 0 Å². The fourth-order valence-electron chi connectivity index (χ4n) is 2.93. The van der Waals surface area contributed by atoms with Crippen molar-refractivity contribution in [2.45, 2.75) is 58.1 Å². The number of nitrogens with two attached hydrogens (primary N) is 1. The maximum Gasteiger partial charge on any atom is 0.237 e. The number of nitrogens with one attached hydrogen (secondary N) is 1. The normalized spacial score (nSPS) is 23.4. The molecule has 118 valence electrons. The van der Waals surface area contributed by atoms with Gasteiger partial charge >= 0.3 is 0 Å². The minimum Gasteiger partial charge on any atom is -0.377 e. The van der Waals surface area contributed by atoms with Gasteiger partial charge in [-0.3, -0.25) is 4.79 Å². The summed E-state index contributed by atoms with van der Waals surface area (Å²) in [4.78, 5) is 14.0. The molecule has 1 amide bonds. The molecule has 0 aromatic rings. The second-order valence-electron chi connectivity index (χ2n) is 5.85. The van der Waals surface area contributed by atoms with Crippen LogP contribution < -0.4 is 11.1 Å². The summed E-state index contributed by atoms with van der Waals surface area (Å²) >= 11 is 0. The summed E-state index contributed by atoms with van der Waals surface area (Å²) in [7, 11) is 0. The number of carbonyl (C=O) groups is 1. The van der Waals surface area contributed by atoms with Crippen molar-refractivity contribution in [2.24, 2.45) is 5.73 Å². The van der Waals surface area contributed by atoms with Crippen LogP contribution in [0.1, 0.15) is 46.5 Å². The topological polar surface area (TPSA) is 67.6 Å². The predicted molar refractivity (Wildman–Crippen MR) is 81.6 cm³/mol. The van der Waals surface area contributed by atoms with Crippen molar-refractivity contribution in [2.75, 3.05) is 32.8 Å². The molecule has 0 bridgehead atoms. The number of amides is 1. The van der Waals surface area contributed by atoms with E-state index in [4.69, 9.17) is 10.5 Å². The van der Waals surface area contributed by atoms with Crippen LogP contribution in [0.5, 0.6) is 0 Å². The highest BCUT2D eigenvalue weighted by Crippen LogP contribution is 2.16. The van der Waals surface area contributed by atoms with Crippen molar-refractivity contribution in [1.82, 2.24) is 10.2 Å². The van der Waals surface area contributed by atoms with E-state index in [-0.39, 0.29) is 5.91 Å². The molecule has 0 aliphatic carbocycles. The average molecular weight is 285 g/mol. The molecule has 0 radical (unpaired) electrons. The van der Waals surface area contributed by atoms with E-state index in [9.17, 15) is 4.79 Å². The Bertz CT molecular complexity index is 297. The maximum atomic E-state index is 11.6. The molecule has 1 heterocycles. The van der Waals surface area contributed by atoms with Crippen molar-refractivity contribution in [3.63, 3.8) is 0 Å². The summed E-state index contributed by atoms with van der Waals surface area (Å²) in [5, 5.41) is 3.21. The van der Waals surface area contributed by atoms with E-state index in [1.54, 1.807) is 0 Å². The molecule has 2 atom stereocenters. The van der Waals surface area contributed by atoms with E-state index in [0.717, 1.165) is 45.6 Å². The third kappa shape index (κ3) is 5.38. The van der Waals surface area contributed by atoms with Gasteiger partial charge in [0.25, 0.3) is 0 Å². The van der Waals surface area contributed by atoms with Gasteiger partial charge in [0.15, 0.2) is 0 Å². The number of nitrogens with zero attached hydrogens (tertiary/aromatic N) is 1. The summed E-state index contributed by atoms with van der Waals surface area (Å²) in [6.45, 7) is 10.7. The first kappa shape index (κ1) is 17.4. The van der Waals surface area contributed by atoms with E-state index < -0.39 is 5.54 Å². The van der Waals surface area contributed by atoms with Crippen molar-refractivity contribution >= 4 is 5.91 Å². The molecule has 1 rings (SSSR count). The van der Waals surface area contributed by atoms with Gasteiger partial charge in [-0.25, -0.2) is 0 Å². The number of hydrogen-bond donors (Lipinski definition) is 2. The number of piperidine rings is 1. The Morgan fingerprint density at radius 2 is 2.25 bits per heavy atom. The fourth-order valence-corrected chi connectivity index (χ4v) is 2.93. The van der Waals surface area contributed by atoms with E-state index in [2.05, 4.69) is 10.2 Å². The van der Waals surface area contributed by atoms with Crippen LogP contribution >= 0.6 is 0 Å². The first-order chi connectivity index (χ1) is 9.51. The minimum absolute atomic E-state index is 0.259. The Labute approximate surface area is 123 Å². The number of rotatable bonds is 9. The predicted octanol–water partition coefficient (Wildman–Crippen LogP) is 1.12. The second kappa shape index (κ2) is 8.60. The van der Waals surface area contributed by atoms with Gasteiger partial charge in [-0.05, 0) is 59.2 Å². The molecule has 0 saturated carbocycles. The first-order valence-electron chi connectivity index (χ1n) is 7.90. The van der Waals surface area contributed by atoms with Crippen molar-refractivity contribution in [3.8, 4) is 0 Å². The van der Waals surface area contributed by atoms with E-state index in [1.165, 1.54) is 12.8 Å². The minimum atomic E-state index is -0.580. The van der Waals surface area contributed by atoms with Gasteiger partial charge < -0.3 is 20.7 Å². The molecule has 0 aromatic heterocycles. The van der Waals surface area contributed by atoms with Crippen molar-refractivity contribution in [1.29, 1.82) is 0 Å². The van der Waals surface area contributed by atoms with Crippen LogP contribution in [0.15, 0.2) is 0 Å². The molecule has 1 aliphatic rings. The largest absolute Gasteiger partial charge is 0.377 e. The summed E-state index contributed by atoms with van der Waals surface area (Å²) in [5.41, 5.74) is 4.92. The zero-order valence-corrected chi connectivity index (χ0v) is 13.3. The van der Waals surface area contributed by atoms with Crippen LogP contribution in [0.4, 0.5) is 0 Å². The number of likely N-dealkylation sites (N-methyl/N-ethyl adjacent to an activating group) is 1. The van der Waals surface area contributed by atoms with Gasteiger partial charge in [-0.2, -0.15) is 0 Å². The van der Waals surface area contributed by atoms with Gasteiger partial charge in [0, 0.05) is 13.2 Å². The van der Waals surface area contributed by atoms with Gasteiger partial charge in [0.2, 0.25) is 5.91 Å². The standard InChI is InChI=1S/C15H31N3O2/c1-4-17-15(3,14(16)19)9-7-11-18-10-6-8-13(12-18)20-5-2/h13,17H,4-12H2,1-3H3,(H2,16,19). The van der Waals surface area contributed by atoms with Gasteiger partial charge in [-0.1, -0.05) is 6.92 Å². The molecule has 1 aliphatic heterocycles. The molecule has 5 heteroatoms. The molecule has 20 heavy (non-hydrogen) atoms. The maximum absolute atomic E-state index is 11.6. The van der Waals surface area contributed by atoms with Crippen molar-refractivity contribution < 1.29 is 9.53 Å².